The van der Waals surface area contributed by atoms with E-state index in [0.29, 0.717) is 6.04 Å². The standard InChI is InChI=1S/C12H22N4S/c1-3-10-8-6-5-7-9-16(10)11-13-14-12(17)15(11)4-2/h10H,3-9H2,1-2H3,(H,14,17). The summed E-state index contributed by atoms with van der Waals surface area (Å²) in [6.07, 6.45) is 6.40. The zero-order valence-electron chi connectivity index (χ0n) is 10.8. The van der Waals surface area contributed by atoms with Crippen molar-refractivity contribution >= 4 is 18.2 Å². The van der Waals surface area contributed by atoms with Crippen LogP contribution in [0.15, 0.2) is 0 Å². The maximum Gasteiger partial charge on any atom is 0.225 e. The van der Waals surface area contributed by atoms with E-state index in [0.717, 1.165) is 23.8 Å². The Labute approximate surface area is 108 Å². The second-order valence-corrected chi connectivity index (χ2v) is 5.06. The van der Waals surface area contributed by atoms with Crippen LogP contribution < -0.4 is 4.90 Å². The molecule has 0 aromatic carbocycles. The van der Waals surface area contributed by atoms with Crippen LogP contribution in [0.1, 0.15) is 46.0 Å². The van der Waals surface area contributed by atoms with Crippen molar-refractivity contribution in [1.82, 2.24) is 14.8 Å². The quantitative estimate of drug-likeness (QED) is 0.842. The van der Waals surface area contributed by atoms with Crippen LogP contribution in [0.4, 0.5) is 5.95 Å². The van der Waals surface area contributed by atoms with Gasteiger partial charge in [0.25, 0.3) is 0 Å². The first-order valence-electron chi connectivity index (χ1n) is 6.69. The predicted molar refractivity (Wildman–Crippen MR) is 73.0 cm³/mol. The van der Waals surface area contributed by atoms with E-state index < -0.39 is 0 Å². The molecule has 17 heavy (non-hydrogen) atoms. The summed E-state index contributed by atoms with van der Waals surface area (Å²) in [5.41, 5.74) is 0. The van der Waals surface area contributed by atoms with Gasteiger partial charge in [-0.1, -0.05) is 19.8 Å². The molecule has 0 aliphatic carbocycles. The molecule has 1 aliphatic rings. The first-order chi connectivity index (χ1) is 8.27. The molecule has 1 fully saturated rings. The zero-order valence-corrected chi connectivity index (χ0v) is 11.6. The number of nitrogens with one attached hydrogen (secondary N) is 1. The predicted octanol–water partition coefficient (Wildman–Crippen LogP) is 3.12. The second-order valence-electron chi connectivity index (χ2n) is 4.68. The molecular weight excluding hydrogens is 232 g/mol. The zero-order chi connectivity index (χ0) is 12.3. The van der Waals surface area contributed by atoms with E-state index in [1.807, 2.05) is 0 Å². The molecule has 96 valence electrons. The molecule has 1 N–H and O–H groups in total. The van der Waals surface area contributed by atoms with Crippen molar-refractivity contribution in [2.45, 2.75) is 58.5 Å². The molecule has 0 amide bonds. The minimum atomic E-state index is 0.619. The Hall–Kier alpha value is -0.840. The number of nitrogens with zero attached hydrogens (tertiary/aromatic N) is 3. The van der Waals surface area contributed by atoms with E-state index in [9.17, 15) is 0 Å². The van der Waals surface area contributed by atoms with Crippen molar-refractivity contribution in [2.75, 3.05) is 11.4 Å². The van der Waals surface area contributed by atoms with E-state index in [1.54, 1.807) is 0 Å². The van der Waals surface area contributed by atoms with Gasteiger partial charge in [0, 0.05) is 19.1 Å². The molecule has 0 bridgehead atoms. The highest BCUT2D eigenvalue weighted by Gasteiger charge is 2.23. The summed E-state index contributed by atoms with van der Waals surface area (Å²) >= 11 is 5.27. The third-order valence-electron chi connectivity index (χ3n) is 3.66. The van der Waals surface area contributed by atoms with Crippen molar-refractivity contribution in [3.05, 3.63) is 4.77 Å². The molecule has 0 radical (unpaired) electrons. The summed E-state index contributed by atoms with van der Waals surface area (Å²) in [7, 11) is 0. The second kappa shape index (κ2) is 5.67. The van der Waals surface area contributed by atoms with Crippen LogP contribution in [0, 0.1) is 4.77 Å². The van der Waals surface area contributed by atoms with Gasteiger partial charge in [-0.3, -0.25) is 4.57 Å². The van der Waals surface area contributed by atoms with Crippen LogP contribution in [-0.4, -0.2) is 27.4 Å². The average Bonchev–Trinajstić information content (AvgIpc) is 2.57. The van der Waals surface area contributed by atoms with Gasteiger partial charge in [-0.25, -0.2) is 5.10 Å². The Morgan fingerprint density at radius 2 is 2.18 bits per heavy atom. The molecule has 0 saturated carbocycles. The van der Waals surface area contributed by atoms with E-state index in [4.69, 9.17) is 12.2 Å². The monoisotopic (exact) mass is 254 g/mol. The van der Waals surface area contributed by atoms with Crippen LogP contribution in [-0.2, 0) is 6.54 Å². The maximum absolute atomic E-state index is 5.27. The summed E-state index contributed by atoms with van der Waals surface area (Å²) in [5.74, 6) is 1.03. The SMILES string of the molecule is CCC1CCCCCN1c1n[nH]c(=S)n1CC. The number of H-pyrrole nitrogens is 1. The van der Waals surface area contributed by atoms with E-state index in [2.05, 4.69) is 33.5 Å². The molecule has 1 aliphatic heterocycles. The minimum absolute atomic E-state index is 0.619. The molecule has 1 saturated heterocycles. The molecule has 1 atom stereocenters. The Morgan fingerprint density at radius 3 is 2.88 bits per heavy atom. The molecule has 1 aromatic rings. The number of aromatic amines is 1. The Morgan fingerprint density at radius 1 is 1.35 bits per heavy atom. The topological polar surface area (TPSA) is 36.9 Å². The van der Waals surface area contributed by atoms with Gasteiger partial charge in [-0.05, 0) is 38.4 Å². The lowest BCUT2D eigenvalue weighted by Crippen LogP contribution is -2.36. The highest BCUT2D eigenvalue weighted by atomic mass is 32.1. The lowest BCUT2D eigenvalue weighted by Gasteiger charge is -2.30. The number of rotatable bonds is 3. The van der Waals surface area contributed by atoms with Crippen molar-refractivity contribution in [2.24, 2.45) is 0 Å². The van der Waals surface area contributed by atoms with E-state index in [-0.39, 0.29) is 0 Å². The van der Waals surface area contributed by atoms with Gasteiger partial charge in [0.1, 0.15) is 0 Å². The Bertz CT molecular complexity index is 409. The fraction of sp³-hybridized carbons (Fsp3) is 0.833. The van der Waals surface area contributed by atoms with Crippen LogP contribution in [0.5, 0.6) is 0 Å². The minimum Gasteiger partial charge on any atom is -0.338 e. The normalized spacial score (nSPS) is 21.5. The fourth-order valence-corrected chi connectivity index (χ4v) is 2.94. The largest absolute Gasteiger partial charge is 0.338 e. The van der Waals surface area contributed by atoms with Crippen molar-refractivity contribution < 1.29 is 0 Å². The number of hydrogen-bond acceptors (Lipinski definition) is 3. The summed E-state index contributed by atoms with van der Waals surface area (Å²) in [6.45, 7) is 6.38. The van der Waals surface area contributed by atoms with Crippen LogP contribution in [0.3, 0.4) is 0 Å². The van der Waals surface area contributed by atoms with Crippen LogP contribution >= 0.6 is 12.2 Å². The van der Waals surface area contributed by atoms with E-state index >= 15 is 0 Å². The molecule has 0 spiro atoms. The van der Waals surface area contributed by atoms with Crippen LogP contribution in [0.25, 0.3) is 0 Å². The summed E-state index contributed by atoms with van der Waals surface area (Å²) in [6, 6.07) is 0.619. The van der Waals surface area contributed by atoms with Crippen molar-refractivity contribution in [1.29, 1.82) is 0 Å². The van der Waals surface area contributed by atoms with Gasteiger partial charge < -0.3 is 4.90 Å². The van der Waals surface area contributed by atoms with Gasteiger partial charge in [0.05, 0.1) is 0 Å². The third-order valence-corrected chi connectivity index (χ3v) is 3.97. The Kier molecular flexibility index (Phi) is 4.20. The molecule has 2 heterocycles. The van der Waals surface area contributed by atoms with Gasteiger partial charge >= 0.3 is 0 Å². The number of aromatic nitrogens is 3. The van der Waals surface area contributed by atoms with Crippen LogP contribution in [0.2, 0.25) is 0 Å². The first kappa shape index (κ1) is 12.6. The molecular formula is C12H22N4S. The molecule has 1 aromatic heterocycles. The van der Waals surface area contributed by atoms with Crippen molar-refractivity contribution in [3.8, 4) is 0 Å². The molecule has 5 heteroatoms. The van der Waals surface area contributed by atoms with Gasteiger partial charge in [0.2, 0.25) is 5.95 Å². The average molecular weight is 254 g/mol. The third kappa shape index (κ3) is 2.54. The van der Waals surface area contributed by atoms with Gasteiger partial charge in [0.15, 0.2) is 4.77 Å². The highest BCUT2D eigenvalue weighted by molar-refractivity contribution is 7.71. The van der Waals surface area contributed by atoms with Gasteiger partial charge in [-0.2, -0.15) is 0 Å². The summed E-state index contributed by atoms with van der Waals surface area (Å²) in [4.78, 5) is 2.45. The number of hydrogen-bond donors (Lipinski definition) is 1. The molecule has 2 rings (SSSR count). The number of anilines is 1. The fourth-order valence-electron chi connectivity index (χ4n) is 2.68. The summed E-state index contributed by atoms with van der Waals surface area (Å²) in [5, 5.41) is 7.35. The smallest absolute Gasteiger partial charge is 0.225 e. The maximum atomic E-state index is 5.27. The first-order valence-corrected chi connectivity index (χ1v) is 7.10. The highest BCUT2D eigenvalue weighted by Crippen LogP contribution is 2.24. The van der Waals surface area contributed by atoms with Crippen molar-refractivity contribution in [3.63, 3.8) is 0 Å². The van der Waals surface area contributed by atoms with Gasteiger partial charge in [-0.15, -0.1) is 5.10 Å². The lowest BCUT2D eigenvalue weighted by molar-refractivity contribution is 0.536. The van der Waals surface area contributed by atoms with E-state index in [1.165, 1.54) is 32.1 Å². The molecule has 1 unspecified atom stereocenters. The lowest BCUT2D eigenvalue weighted by atomic mass is 10.1. The summed E-state index contributed by atoms with van der Waals surface area (Å²) < 4.78 is 2.84. The Balaban J connectivity index is 2.31. The molecule has 4 nitrogen and oxygen atoms in total.